The molecule has 0 unspecified atom stereocenters. The molecule has 0 aromatic heterocycles. The number of hydrogen-bond acceptors (Lipinski definition) is 5. The van der Waals surface area contributed by atoms with Gasteiger partial charge in [0.25, 0.3) is 0 Å². The average molecular weight is 410 g/mol. The maximum Gasteiger partial charge on any atom is 0.190 e. The molecule has 0 aromatic rings. The quantitative estimate of drug-likeness (QED) is 0.646. The molecule has 0 amide bonds. The number of Topliss-reactive ketones (excluding diaryl/α,β-unsaturated/α-hetero) is 1. The van der Waals surface area contributed by atoms with Gasteiger partial charge in [-0.1, -0.05) is 19.9 Å². The summed E-state index contributed by atoms with van der Waals surface area (Å²) < 4.78 is 32.1. The number of aliphatic hydroxyl groups excluding tert-OH is 2. The number of alkyl halides is 2. The molecule has 4 aliphatic carbocycles. The van der Waals surface area contributed by atoms with Gasteiger partial charge >= 0.3 is 0 Å². The van der Waals surface area contributed by atoms with Gasteiger partial charge in [0, 0.05) is 16.7 Å². The Labute approximate surface area is 168 Å². The summed E-state index contributed by atoms with van der Waals surface area (Å²) in [7, 11) is 0. The van der Waals surface area contributed by atoms with Crippen molar-refractivity contribution >= 4 is 11.6 Å². The van der Waals surface area contributed by atoms with E-state index in [1.165, 1.54) is 19.1 Å². The highest BCUT2D eigenvalue weighted by Crippen LogP contribution is 2.70. The van der Waals surface area contributed by atoms with Crippen LogP contribution in [0.2, 0.25) is 0 Å². The molecular weight excluding hydrogens is 382 g/mol. The van der Waals surface area contributed by atoms with Crippen LogP contribution in [0.4, 0.5) is 8.78 Å². The smallest absolute Gasteiger partial charge is 0.190 e. The fourth-order valence-corrected chi connectivity index (χ4v) is 7.25. The van der Waals surface area contributed by atoms with E-state index in [0.717, 1.165) is 6.08 Å². The van der Waals surface area contributed by atoms with E-state index in [9.17, 15) is 24.9 Å². The largest absolute Gasteiger partial charge is 0.390 e. The summed E-state index contributed by atoms with van der Waals surface area (Å²) in [4.78, 5) is 24.3. The lowest BCUT2D eigenvalue weighted by Gasteiger charge is -2.63. The van der Waals surface area contributed by atoms with Crippen LogP contribution in [0.1, 0.15) is 40.0 Å². The Hall–Kier alpha value is -1.44. The highest BCUT2D eigenvalue weighted by Gasteiger charge is 2.76. The zero-order chi connectivity index (χ0) is 21.6. The van der Waals surface area contributed by atoms with Crippen molar-refractivity contribution in [3.8, 4) is 0 Å². The highest BCUT2D eigenvalue weighted by atomic mass is 19.1. The SMILES string of the molecule is C[C@@H]1C[C@@H]2[C@@H]3C[C@H](F)C4=CC(=O)C=C[C@]4(C)[C@@]3(F)[C@H](O)C[C@]2(C)[C@@]1(O)C(=O)CO. The maximum atomic E-state index is 16.9. The van der Waals surface area contributed by atoms with Crippen molar-refractivity contribution in [3.63, 3.8) is 0 Å². The van der Waals surface area contributed by atoms with Crippen molar-refractivity contribution in [2.75, 3.05) is 6.61 Å². The van der Waals surface area contributed by atoms with E-state index in [-0.39, 0.29) is 24.8 Å². The third kappa shape index (κ3) is 2.19. The molecule has 0 aromatic carbocycles. The molecule has 0 saturated heterocycles. The van der Waals surface area contributed by atoms with Crippen LogP contribution >= 0.6 is 0 Å². The lowest BCUT2D eigenvalue weighted by Crippen LogP contribution is -2.70. The molecule has 5 nitrogen and oxygen atoms in total. The Balaban J connectivity index is 1.87. The molecule has 9 atom stereocenters. The number of carbonyl (C=O) groups excluding carboxylic acids is 2. The lowest BCUT2D eigenvalue weighted by atomic mass is 9.44. The molecule has 3 fully saturated rings. The number of ketones is 2. The zero-order valence-corrected chi connectivity index (χ0v) is 16.9. The Morgan fingerprint density at radius 2 is 1.93 bits per heavy atom. The van der Waals surface area contributed by atoms with Gasteiger partial charge in [0.1, 0.15) is 18.4 Å². The maximum absolute atomic E-state index is 16.9. The summed E-state index contributed by atoms with van der Waals surface area (Å²) in [6.07, 6.45) is 0.427. The van der Waals surface area contributed by atoms with Crippen LogP contribution in [0.3, 0.4) is 0 Å². The van der Waals surface area contributed by atoms with Crippen molar-refractivity contribution in [1.29, 1.82) is 0 Å². The van der Waals surface area contributed by atoms with E-state index < -0.39 is 70.3 Å². The summed E-state index contributed by atoms with van der Waals surface area (Å²) >= 11 is 0. The van der Waals surface area contributed by atoms with Gasteiger partial charge in [0.2, 0.25) is 0 Å². The van der Waals surface area contributed by atoms with Gasteiger partial charge in [-0.3, -0.25) is 9.59 Å². The molecule has 4 rings (SSSR count). The molecule has 0 heterocycles. The molecule has 3 N–H and O–H groups in total. The van der Waals surface area contributed by atoms with Crippen LogP contribution in [-0.2, 0) is 9.59 Å². The van der Waals surface area contributed by atoms with Crippen LogP contribution in [-0.4, -0.2) is 57.0 Å². The van der Waals surface area contributed by atoms with Crippen LogP contribution < -0.4 is 0 Å². The number of rotatable bonds is 2. The fraction of sp³-hybridized carbons (Fsp3) is 0.727. The Morgan fingerprint density at radius 3 is 2.55 bits per heavy atom. The van der Waals surface area contributed by atoms with Gasteiger partial charge in [-0.05, 0) is 55.7 Å². The zero-order valence-electron chi connectivity index (χ0n) is 16.9. The fourth-order valence-electron chi connectivity index (χ4n) is 7.25. The van der Waals surface area contributed by atoms with Crippen molar-refractivity contribution < 1.29 is 33.7 Å². The van der Waals surface area contributed by atoms with Gasteiger partial charge in [-0.25, -0.2) is 8.78 Å². The van der Waals surface area contributed by atoms with E-state index in [0.29, 0.717) is 0 Å². The van der Waals surface area contributed by atoms with E-state index >= 15 is 8.78 Å². The average Bonchev–Trinajstić information content (AvgIpc) is 2.86. The van der Waals surface area contributed by atoms with E-state index in [2.05, 4.69) is 0 Å². The molecule has 0 aliphatic heterocycles. The monoisotopic (exact) mass is 410 g/mol. The van der Waals surface area contributed by atoms with Crippen molar-refractivity contribution in [1.82, 2.24) is 0 Å². The van der Waals surface area contributed by atoms with Crippen LogP contribution in [0, 0.1) is 28.6 Å². The van der Waals surface area contributed by atoms with Crippen LogP contribution in [0.5, 0.6) is 0 Å². The number of fused-ring (bicyclic) bond motifs is 5. The highest BCUT2D eigenvalue weighted by molar-refractivity contribution is 6.01. The minimum Gasteiger partial charge on any atom is -0.390 e. The number of aliphatic hydroxyl groups is 3. The molecule has 7 heteroatoms. The molecule has 0 bridgehead atoms. The predicted octanol–water partition coefficient (Wildman–Crippen LogP) is 1.84. The third-order valence-electron chi connectivity index (χ3n) is 8.78. The Morgan fingerprint density at radius 1 is 1.28 bits per heavy atom. The number of allylic oxidation sites excluding steroid dienone is 4. The standard InChI is InChI=1S/C22H28F2O5/c1-11-6-13-14-8-16(23)15-7-12(26)4-5-19(15,2)21(14,24)17(27)9-20(13,3)22(11,29)18(28)10-25/h4-5,7,11,13-14,16-17,25,27,29H,6,8-10H2,1-3H3/t11-,13-,14+,16+,17-,19+,20+,21+,22+/m1/s1. The summed E-state index contributed by atoms with van der Waals surface area (Å²) in [6, 6.07) is 0. The summed E-state index contributed by atoms with van der Waals surface area (Å²) in [6.45, 7) is 3.96. The molecule has 160 valence electrons. The first-order chi connectivity index (χ1) is 13.4. The predicted molar refractivity (Wildman–Crippen MR) is 100 cm³/mol. The topological polar surface area (TPSA) is 94.8 Å². The van der Waals surface area contributed by atoms with Crippen molar-refractivity contribution in [2.24, 2.45) is 28.6 Å². The summed E-state index contributed by atoms with van der Waals surface area (Å²) in [5, 5.41) is 31.9. The van der Waals surface area contributed by atoms with Gasteiger partial charge in [-0.2, -0.15) is 0 Å². The van der Waals surface area contributed by atoms with Gasteiger partial charge in [0.05, 0.1) is 6.10 Å². The van der Waals surface area contributed by atoms with Crippen LogP contribution in [0.15, 0.2) is 23.8 Å². The number of halogens is 2. The molecule has 0 radical (unpaired) electrons. The summed E-state index contributed by atoms with van der Waals surface area (Å²) in [5.74, 6) is -3.24. The van der Waals surface area contributed by atoms with E-state index in [1.807, 2.05) is 0 Å². The first-order valence-electron chi connectivity index (χ1n) is 10.2. The first-order valence-corrected chi connectivity index (χ1v) is 10.2. The van der Waals surface area contributed by atoms with Crippen molar-refractivity contribution in [2.45, 2.75) is 63.6 Å². The summed E-state index contributed by atoms with van der Waals surface area (Å²) in [5.41, 5.74) is -6.81. The second kappa shape index (κ2) is 6.05. The molecular formula is C22H28F2O5. The number of hydrogen-bond donors (Lipinski definition) is 3. The molecule has 3 saturated carbocycles. The molecule has 4 aliphatic rings. The molecule has 0 spiro atoms. The Bertz CT molecular complexity index is 839. The second-order valence-electron chi connectivity index (χ2n) is 9.84. The first kappa shape index (κ1) is 20.8. The van der Waals surface area contributed by atoms with Crippen LogP contribution in [0.25, 0.3) is 0 Å². The van der Waals surface area contributed by atoms with Gasteiger partial charge < -0.3 is 15.3 Å². The minimum atomic E-state index is -2.24. The number of carbonyl (C=O) groups is 2. The minimum absolute atomic E-state index is 0.0409. The Kier molecular flexibility index (Phi) is 4.34. The lowest BCUT2D eigenvalue weighted by molar-refractivity contribution is -0.223. The second-order valence-corrected chi connectivity index (χ2v) is 9.84. The third-order valence-corrected chi connectivity index (χ3v) is 8.78. The van der Waals surface area contributed by atoms with Gasteiger partial charge in [0.15, 0.2) is 17.2 Å². The van der Waals surface area contributed by atoms with Crippen molar-refractivity contribution in [3.05, 3.63) is 23.8 Å². The molecule has 29 heavy (non-hydrogen) atoms. The van der Waals surface area contributed by atoms with Gasteiger partial charge in [-0.15, -0.1) is 0 Å². The normalized spacial score (nSPS) is 53.7. The van der Waals surface area contributed by atoms with E-state index in [1.54, 1.807) is 13.8 Å². The van der Waals surface area contributed by atoms with E-state index in [4.69, 9.17) is 0 Å².